The molecular weight excluding hydrogens is 368 g/mol. The Kier molecular flexibility index (Phi) is 5.96. The van der Waals surface area contributed by atoms with Crippen molar-refractivity contribution in [3.8, 4) is 0 Å². The van der Waals surface area contributed by atoms with Crippen LogP contribution in [-0.2, 0) is 22.7 Å². The molecule has 3 amide bonds. The van der Waals surface area contributed by atoms with Crippen molar-refractivity contribution in [3.63, 3.8) is 0 Å². The summed E-state index contributed by atoms with van der Waals surface area (Å²) >= 11 is 0. The summed E-state index contributed by atoms with van der Waals surface area (Å²) in [5.74, 6) is 0.621. The molecule has 1 saturated carbocycles. The average molecular weight is 399 g/mol. The predicted molar refractivity (Wildman–Crippen MR) is 109 cm³/mol. The Morgan fingerprint density at radius 2 is 1.83 bits per heavy atom. The molecule has 1 aromatic carbocycles. The number of carbonyl (C=O) groups is 3. The van der Waals surface area contributed by atoms with Gasteiger partial charge in [-0.2, -0.15) is 0 Å². The van der Waals surface area contributed by atoms with Gasteiger partial charge < -0.3 is 16.0 Å². The first-order valence-corrected chi connectivity index (χ1v) is 10.7. The van der Waals surface area contributed by atoms with E-state index in [0.29, 0.717) is 31.3 Å². The molecule has 2 aliphatic heterocycles. The van der Waals surface area contributed by atoms with E-state index in [0.717, 1.165) is 29.8 Å². The zero-order valence-electron chi connectivity index (χ0n) is 16.8. The van der Waals surface area contributed by atoms with Crippen LogP contribution in [0.15, 0.2) is 18.2 Å². The van der Waals surface area contributed by atoms with Crippen LogP contribution in [-0.4, -0.2) is 41.8 Å². The van der Waals surface area contributed by atoms with Gasteiger partial charge in [0.1, 0.15) is 6.04 Å². The fourth-order valence-electron chi connectivity index (χ4n) is 4.92. The van der Waals surface area contributed by atoms with Crippen molar-refractivity contribution < 1.29 is 14.4 Å². The van der Waals surface area contributed by atoms with Gasteiger partial charge in [-0.1, -0.05) is 18.2 Å². The van der Waals surface area contributed by atoms with Crippen molar-refractivity contribution in [2.45, 2.75) is 57.7 Å². The number of fused-ring (bicyclic) bond motifs is 1. The van der Waals surface area contributed by atoms with E-state index in [1.807, 2.05) is 18.2 Å². The maximum absolute atomic E-state index is 13.1. The molecule has 0 radical (unpaired) electrons. The smallest absolute Gasteiger partial charge is 0.255 e. The fourth-order valence-corrected chi connectivity index (χ4v) is 4.92. The number of hydrogen-bond acceptors (Lipinski definition) is 5. The van der Waals surface area contributed by atoms with E-state index < -0.39 is 6.04 Å². The number of benzene rings is 1. The van der Waals surface area contributed by atoms with Crippen molar-refractivity contribution >= 4 is 17.7 Å². The van der Waals surface area contributed by atoms with Crippen molar-refractivity contribution in [2.75, 3.05) is 13.1 Å². The van der Waals surface area contributed by atoms with Crippen molar-refractivity contribution in [1.82, 2.24) is 15.5 Å². The van der Waals surface area contributed by atoms with Crippen molar-refractivity contribution in [3.05, 3.63) is 34.9 Å². The number of rotatable bonds is 6. The number of amides is 3. The Bertz CT molecular complexity index is 801. The van der Waals surface area contributed by atoms with Crippen LogP contribution in [0.5, 0.6) is 0 Å². The molecule has 2 fully saturated rings. The molecule has 1 atom stereocenters. The van der Waals surface area contributed by atoms with Gasteiger partial charge in [0, 0.05) is 25.1 Å². The Hall–Kier alpha value is -2.25. The topological polar surface area (TPSA) is 105 Å². The van der Waals surface area contributed by atoms with Gasteiger partial charge in [0.15, 0.2) is 0 Å². The van der Waals surface area contributed by atoms with E-state index in [2.05, 4.69) is 10.6 Å². The third-order valence-electron chi connectivity index (χ3n) is 6.69. The lowest BCUT2D eigenvalue weighted by Crippen LogP contribution is -2.52. The first kappa shape index (κ1) is 20.0. The second-order valence-corrected chi connectivity index (χ2v) is 8.60. The average Bonchev–Trinajstić information content (AvgIpc) is 3.06. The molecule has 1 saturated heterocycles. The molecule has 29 heavy (non-hydrogen) atoms. The summed E-state index contributed by atoms with van der Waals surface area (Å²) in [6, 6.07) is 5.36. The lowest BCUT2D eigenvalue weighted by atomic mass is 9.82. The second-order valence-electron chi connectivity index (χ2n) is 8.60. The van der Waals surface area contributed by atoms with Gasteiger partial charge in [0.05, 0.1) is 0 Å². The molecule has 7 nitrogen and oxygen atoms in total. The molecule has 1 aliphatic carbocycles. The van der Waals surface area contributed by atoms with Crippen molar-refractivity contribution in [1.29, 1.82) is 0 Å². The van der Waals surface area contributed by atoms with Crippen LogP contribution in [0.25, 0.3) is 0 Å². The molecule has 0 bridgehead atoms. The molecule has 1 aromatic rings. The summed E-state index contributed by atoms with van der Waals surface area (Å²) in [6.07, 6.45) is 5.51. The number of imide groups is 1. The van der Waals surface area contributed by atoms with Gasteiger partial charge in [-0.3, -0.25) is 19.7 Å². The monoisotopic (exact) mass is 398 g/mol. The molecule has 2 heterocycles. The summed E-state index contributed by atoms with van der Waals surface area (Å²) < 4.78 is 0. The third-order valence-corrected chi connectivity index (χ3v) is 6.69. The highest BCUT2D eigenvalue weighted by Crippen LogP contribution is 2.30. The number of piperidine rings is 1. The maximum Gasteiger partial charge on any atom is 0.255 e. The molecule has 1 unspecified atom stereocenters. The molecule has 4 rings (SSSR count). The molecule has 7 heteroatoms. The van der Waals surface area contributed by atoms with E-state index in [1.165, 1.54) is 25.7 Å². The number of hydrogen-bond donors (Lipinski definition) is 3. The van der Waals surface area contributed by atoms with Crippen LogP contribution < -0.4 is 16.4 Å². The zero-order chi connectivity index (χ0) is 20.4. The van der Waals surface area contributed by atoms with Gasteiger partial charge in [0.2, 0.25) is 11.8 Å². The minimum atomic E-state index is -0.564. The summed E-state index contributed by atoms with van der Waals surface area (Å²) in [7, 11) is 0. The molecular formula is C22H30N4O3. The summed E-state index contributed by atoms with van der Waals surface area (Å²) in [6.45, 7) is 2.82. The standard InChI is InChI=1S/C22H30N4O3/c23-10-14-4-6-15(7-5-14)11-24-12-16-2-1-3-17-13-26(22(29)20(16)17)18-8-9-19(27)25-21(18)28/h1-3,14-15,18,24H,4-13,23H2,(H,25,27,28). The van der Waals surface area contributed by atoms with E-state index >= 15 is 0 Å². The van der Waals surface area contributed by atoms with Crippen LogP contribution in [0.2, 0.25) is 0 Å². The zero-order valence-corrected chi connectivity index (χ0v) is 16.8. The SMILES string of the molecule is NCC1CCC(CNCc2cccc3c2C(=O)N(C2CCC(=O)NC2=O)C3)CC1. The van der Waals surface area contributed by atoms with Gasteiger partial charge in [0.25, 0.3) is 5.91 Å². The highest BCUT2D eigenvalue weighted by atomic mass is 16.2. The fraction of sp³-hybridized carbons (Fsp3) is 0.591. The number of nitrogens with one attached hydrogen (secondary N) is 2. The van der Waals surface area contributed by atoms with Gasteiger partial charge in [-0.15, -0.1) is 0 Å². The molecule has 156 valence electrons. The summed E-state index contributed by atoms with van der Waals surface area (Å²) in [5, 5.41) is 5.89. The summed E-state index contributed by atoms with van der Waals surface area (Å²) in [4.78, 5) is 38.4. The van der Waals surface area contributed by atoms with Crippen LogP contribution in [0.4, 0.5) is 0 Å². The number of carbonyl (C=O) groups excluding carboxylic acids is 3. The first-order chi connectivity index (χ1) is 14.1. The normalized spacial score (nSPS) is 27.1. The predicted octanol–water partition coefficient (Wildman–Crippen LogP) is 1.30. The lowest BCUT2D eigenvalue weighted by Gasteiger charge is -2.29. The van der Waals surface area contributed by atoms with Gasteiger partial charge in [-0.25, -0.2) is 0 Å². The van der Waals surface area contributed by atoms with Crippen LogP contribution in [0.1, 0.15) is 60.0 Å². The first-order valence-electron chi connectivity index (χ1n) is 10.7. The Balaban J connectivity index is 1.37. The second kappa shape index (κ2) is 8.63. The van der Waals surface area contributed by atoms with Gasteiger partial charge in [-0.05, 0) is 68.2 Å². The van der Waals surface area contributed by atoms with Crippen LogP contribution in [0, 0.1) is 11.8 Å². The lowest BCUT2D eigenvalue weighted by molar-refractivity contribution is -0.136. The highest BCUT2D eigenvalue weighted by Gasteiger charge is 2.39. The van der Waals surface area contributed by atoms with Gasteiger partial charge >= 0.3 is 0 Å². The third kappa shape index (κ3) is 4.21. The quantitative estimate of drug-likeness (QED) is 0.627. The Labute approximate surface area is 171 Å². The minimum absolute atomic E-state index is 0.102. The van der Waals surface area contributed by atoms with E-state index in [1.54, 1.807) is 4.90 Å². The molecule has 3 aliphatic rings. The molecule has 0 aromatic heterocycles. The van der Waals surface area contributed by atoms with Crippen molar-refractivity contribution in [2.24, 2.45) is 17.6 Å². The summed E-state index contributed by atoms with van der Waals surface area (Å²) in [5.41, 5.74) is 8.44. The van der Waals surface area contributed by atoms with E-state index in [9.17, 15) is 14.4 Å². The van der Waals surface area contributed by atoms with E-state index in [-0.39, 0.29) is 24.1 Å². The molecule has 0 spiro atoms. The van der Waals surface area contributed by atoms with Crippen LogP contribution >= 0.6 is 0 Å². The molecule has 4 N–H and O–H groups in total. The van der Waals surface area contributed by atoms with E-state index in [4.69, 9.17) is 5.73 Å². The van der Waals surface area contributed by atoms with Crippen LogP contribution in [0.3, 0.4) is 0 Å². The number of nitrogens with two attached hydrogens (primary N) is 1. The minimum Gasteiger partial charge on any atom is -0.330 e. The largest absolute Gasteiger partial charge is 0.330 e. The highest BCUT2D eigenvalue weighted by molar-refractivity contribution is 6.05. The number of nitrogens with zero attached hydrogens (tertiary/aromatic N) is 1. The Morgan fingerprint density at radius 3 is 2.55 bits per heavy atom. The Morgan fingerprint density at radius 1 is 1.07 bits per heavy atom. The maximum atomic E-state index is 13.1.